The molecular formula is C27H32ClF3N4O8S. The van der Waals surface area contributed by atoms with Gasteiger partial charge in [-0.2, -0.15) is 13.2 Å². The Hall–Kier alpha value is -3.89. The van der Waals surface area contributed by atoms with Crippen LogP contribution in [0.5, 0.6) is 5.75 Å². The van der Waals surface area contributed by atoms with E-state index in [1.807, 2.05) is 0 Å². The van der Waals surface area contributed by atoms with Gasteiger partial charge >= 0.3 is 12.1 Å². The van der Waals surface area contributed by atoms with Crippen LogP contribution in [0.3, 0.4) is 0 Å². The second-order valence-electron chi connectivity index (χ2n) is 9.74. The molecule has 17 heteroatoms. The topological polar surface area (TPSA) is 162 Å². The second-order valence-corrected chi connectivity index (χ2v) is 12.3. The summed E-state index contributed by atoms with van der Waals surface area (Å²) < 4.78 is 61.2. The van der Waals surface area contributed by atoms with E-state index in [9.17, 15) is 36.0 Å². The van der Waals surface area contributed by atoms with Gasteiger partial charge in [-0.1, -0.05) is 23.7 Å². The van der Waals surface area contributed by atoms with Gasteiger partial charge in [-0.15, -0.1) is 0 Å². The number of hydrogen-bond acceptors (Lipinski definition) is 8. The van der Waals surface area contributed by atoms with Crippen molar-refractivity contribution in [3.8, 4) is 5.75 Å². The maximum Gasteiger partial charge on any atom is 0.490 e. The van der Waals surface area contributed by atoms with E-state index >= 15 is 0 Å². The van der Waals surface area contributed by atoms with Crippen LogP contribution in [0.2, 0.25) is 5.02 Å². The van der Waals surface area contributed by atoms with Crippen LogP contribution in [0.1, 0.15) is 19.4 Å². The molecule has 0 radical (unpaired) electrons. The van der Waals surface area contributed by atoms with Crippen molar-refractivity contribution in [1.82, 2.24) is 10.6 Å². The lowest BCUT2D eigenvalue weighted by Crippen LogP contribution is -2.60. The van der Waals surface area contributed by atoms with E-state index in [4.69, 9.17) is 26.2 Å². The maximum absolute atomic E-state index is 14.1. The predicted molar refractivity (Wildman–Crippen MR) is 156 cm³/mol. The zero-order chi connectivity index (χ0) is 33.6. The van der Waals surface area contributed by atoms with Crippen molar-refractivity contribution in [3.05, 3.63) is 53.1 Å². The maximum atomic E-state index is 14.1. The lowest BCUT2D eigenvalue weighted by atomic mass is 10.1. The Morgan fingerprint density at radius 1 is 1.14 bits per heavy atom. The summed E-state index contributed by atoms with van der Waals surface area (Å²) in [6.07, 6.45) is -4.12. The molecule has 242 valence electrons. The Morgan fingerprint density at radius 3 is 2.20 bits per heavy atom. The molecule has 12 nitrogen and oxygen atoms in total. The number of benzene rings is 2. The fourth-order valence-electron chi connectivity index (χ4n) is 4.21. The highest BCUT2D eigenvalue weighted by molar-refractivity contribution is 7.91. The first-order valence-corrected chi connectivity index (χ1v) is 15.3. The number of nitrogens with zero attached hydrogens (tertiary/aromatic N) is 2. The number of amides is 3. The number of hydrogen-bond donors (Lipinski definition) is 3. The number of alkyl halides is 3. The van der Waals surface area contributed by atoms with Crippen LogP contribution in [0.15, 0.2) is 42.5 Å². The van der Waals surface area contributed by atoms with Crippen LogP contribution < -0.4 is 25.2 Å². The van der Waals surface area contributed by atoms with E-state index in [2.05, 4.69) is 10.6 Å². The highest BCUT2D eigenvalue weighted by Crippen LogP contribution is 2.37. The summed E-state index contributed by atoms with van der Waals surface area (Å²) >= 11 is 6.23. The standard InChI is InChI=1S/C25H31ClN4O6S.C2HF3O2/c1-15(27-3)24(32)28-23-16(2)30(22(31)14-37(5,34)35)20-9-7-6-8-19(20)29(25(23)33)13-17-12-18(26)10-11-21(17)36-4;3-2(4,5)1(6)7/h6-12,15-16,23,27H,13-14H2,1-5H3,(H,28,32);(H,6,7)/t15?,16-,23-;/m0./s1. The molecule has 2 aromatic carbocycles. The van der Waals surface area contributed by atoms with Crippen LogP contribution in [-0.4, -0.2) is 87.7 Å². The zero-order valence-corrected chi connectivity index (χ0v) is 25.9. The second kappa shape index (κ2) is 14.7. The van der Waals surface area contributed by atoms with E-state index in [0.29, 0.717) is 27.7 Å². The number of fused-ring (bicyclic) bond motifs is 1. The van der Waals surface area contributed by atoms with Gasteiger partial charge in [0.2, 0.25) is 11.8 Å². The summed E-state index contributed by atoms with van der Waals surface area (Å²) in [6.45, 7) is 3.26. The average Bonchev–Trinajstić information content (AvgIpc) is 3.00. The highest BCUT2D eigenvalue weighted by Gasteiger charge is 2.43. The first-order valence-electron chi connectivity index (χ1n) is 12.8. The van der Waals surface area contributed by atoms with Crippen LogP contribution in [-0.2, 0) is 35.6 Å². The van der Waals surface area contributed by atoms with Gasteiger partial charge in [0.05, 0.1) is 37.1 Å². The number of carbonyl (C=O) groups is 4. The number of likely N-dealkylation sites (N-methyl/N-ethyl adjacent to an activating group) is 1. The number of carbonyl (C=O) groups excluding carboxylic acids is 3. The minimum atomic E-state index is -5.08. The number of halogens is 4. The molecule has 0 spiro atoms. The number of para-hydroxylation sites is 2. The van der Waals surface area contributed by atoms with Crippen molar-refractivity contribution in [3.63, 3.8) is 0 Å². The van der Waals surface area contributed by atoms with Gasteiger partial charge in [-0.05, 0) is 51.2 Å². The molecule has 0 aromatic heterocycles. The number of carboxylic acid groups (broad SMARTS) is 1. The Balaban J connectivity index is 0.000000860. The van der Waals surface area contributed by atoms with Gasteiger partial charge in [0.15, 0.2) is 9.84 Å². The van der Waals surface area contributed by atoms with Crippen LogP contribution in [0.25, 0.3) is 0 Å². The Morgan fingerprint density at radius 2 is 1.70 bits per heavy atom. The molecule has 0 fully saturated rings. The largest absolute Gasteiger partial charge is 0.496 e. The molecule has 44 heavy (non-hydrogen) atoms. The number of nitrogens with one attached hydrogen (secondary N) is 2. The first kappa shape index (κ1) is 36.3. The van der Waals surface area contributed by atoms with Crippen LogP contribution in [0, 0.1) is 0 Å². The first-order chi connectivity index (χ1) is 20.3. The SMILES string of the molecule is CNC(C)C(=O)N[C@@H]1C(=O)N(Cc2cc(Cl)ccc2OC)c2ccccc2N(C(=O)CS(C)(=O)=O)[C@H]1C.O=C(O)C(F)(F)F. The molecular weight excluding hydrogens is 633 g/mol. The highest BCUT2D eigenvalue weighted by atomic mass is 35.5. The van der Waals surface area contributed by atoms with E-state index in [1.165, 1.54) is 16.9 Å². The third-order valence-corrected chi connectivity index (χ3v) is 7.45. The van der Waals surface area contributed by atoms with Crippen LogP contribution >= 0.6 is 11.6 Å². The number of aliphatic carboxylic acids is 1. The summed E-state index contributed by atoms with van der Waals surface area (Å²) in [4.78, 5) is 51.9. The number of rotatable bonds is 8. The molecule has 2 aromatic rings. The minimum Gasteiger partial charge on any atom is -0.496 e. The van der Waals surface area contributed by atoms with Gasteiger partial charge in [0, 0.05) is 16.8 Å². The van der Waals surface area contributed by atoms with Gasteiger partial charge in [0.25, 0.3) is 5.91 Å². The summed E-state index contributed by atoms with van der Waals surface area (Å²) in [7, 11) is -0.566. The summed E-state index contributed by atoms with van der Waals surface area (Å²) in [5, 5.41) is 13.1. The van der Waals surface area contributed by atoms with E-state index in [1.54, 1.807) is 63.4 Å². The van der Waals surface area contributed by atoms with Crippen molar-refractivity contribution in [2.45, 2.75) is 44.7 Å². The van der Waals surface area contributed by atoms with Crippen molar-refractivity contribution in [2.75, 3.05) is 36.0 Å². The van der Waals surface area contributed by atoms with Gasteiger partial charge < -0.3 is 30.3 Å². The van der Waals surface area contributed by atoms with Crippen molar-refractivity contribution in [2.24, 2.45) is 0 Å². The summed E-state index contributed by atoms with van der Waals surface area (Å²) in [5.41, 5.74) is 1.33. The normalized spacial score (nSPS) is 17.4. The lowest BCUT2D eigenvalue weighted by molar-refractivity contribution is -0.192. The van der Waals surface area contributed by atoms with E-state index in [-0.39, 0.29) is 6.54 Å². The molecule has 3 amide bonds. The Labute approximate surface area is 257 Å². The van der Waals surface area contributed by atoms with Crippen LogP contribution in [0.4, 0.5) is 24.5 Å². The van der Waals surface area contributed by atoms with Gasteiger partial charge in [0.1, 0.15) is 17.5 Å². The van der Waals surface area contributed by atoms with Gasteiger partial charge in [-0.3, -0.25) is 14.4 Å². The average molecular weight is 665 g/mol. The fourth-order valence-corrected chi connectivity index (χ4v) is 4.99. The van der Waals surface area contributed by atoms with E-state index in [0.717, 1.165) is 6.26 Å². The number of methoxy groups -OCH3 is 1. The molecule has 3 atom stereocenters. The molecule has 3 rings (SSSR count). The zero-order valence-electron chi connectivity index (χ0n) is 24.3. The summed E-state index contributed by atoms with van der Waals surface area (Å²) in [5.74, 6) is -4.65. The molecule has 1 unspecified atom stereocenters. The predicted octanol–water partition coefficient (Wildman–Crippen LogP) is 2.39. The number of anilines is 2. The Kier molecular flexibility index (Phi) is 12.1. The molecule has 0 saturated heterocycles. The molecule has 1 heterocycles. The fraction of sp³-hybridized carbons (Fsp3) is 0.407. The smallest absolute Gasteiger partial charge is 0.490 e. The molecule has 0 bridgehead atoms. The van der Waals surface area contributed by atoms with E-state index < -0.39 is 63.6 Å². The molecule has 1 aliphatic heterocycles. The quantitative estimate of drug-likeness (QED) is 0.385. The third kappa shape index (κ3) is 9.30. The van der Waals surface area contributed by atoms with Crippen molar-refractivity contribution >= 4 is 56.5 Å². The molecule has 3 N–H and O–H groups in total. The molecule has 0 saturated carbocycles. The monoisotopic (exact) mass is 664 g/mol. The summed E-state index contributed by atoms with van der Waals surface area (Å²) in [6, 6.07) is 9.03. The lowest BCUT2D eigenvalue weighted by Gasteiger charge is -2.32. The number of sulfone groups is 1. The Bertz CT molecular complexity index is 1510. The number of ether oxygens (including phenoxy) is 1. The van der Waals surface area contributed by atoms with Gasteiger partial charge in [-0.25, -0.2) is 13.2 Å². The minimum absolute atomic E-state index is 0.0222. The van der Waals surface area contributed by atoms with Crippen molar-refractivity contribution in [1.29, 1.82) is 0 Å². The molecule has 1 aliphatic rings. The number of carboxylic acids is 1. The van der Waals surface area contributed by atoms with Crippen molar-refractivity contribution < 1.29 is 50.6 Å². The third-order valence-electron chi connectivity index (χ3n) is 6.45. The molecule has 0 aliphatic carbocycles.